The van der Waals surface area contributed by atoms with Gasteiger partial charge in [-0.2, -0.15) is 0 Å². The van der Waals surface area contributed by atoms with E-state index in [1.807, 2.05) is 32.0 Å². The molecule has 0 aliphatic carbocycles. The van der Waals surface area contributed by atoms with Crippen LogP contribution in [0.1, 0.15) is 10.6 Å². The van der Waals surface area contributed by atoms with Crippen LogP contribution in [0.15, 0.2) is 24.3 Å². The molecule has 14 heavy (non-hydrogen) atoms. The second kappa shape index (κ2) is 3.42. The smallest absolute Gasteiger partial charge is 0.127 e. The lowest BCUT2D eigenvalue weighted by atomic mass is 10.2. The summed E-state index contributed by atoms with van der Waals surface area (Å²) in [7, 11) is 0. The van der Waals surface area contributed by atoms with Crippen LogP contribution in [0.2, 0.25) is 0 Å². The highest BCUT2D eigenvalue weighted by molar-refractivity contribution is 7.15. The van der Waals surface area contributed by atoms with Crippen molar-refractivity contribution < 1.29 is 5.11 Å². The van der Waals surface area contributed by atoms with Crippen LogP contribution in [-0.4, -0.2) is 10.1 Å². The molecule has 0 saturated heterocycles. The van der Waals surface area contributed by atoms with Crippen LogP contribution < -0.4 is 0 Å². The lowest BCUT2D eigenvalue weighted by Crippen LogP contribution is -1.77. The molecule has 0 saturated carbocycles. The molecule has 0 amide bonds. The molecule has 0 radical (unpaired) electrons. The number of hydrogen-bond donors (Lipinski definition) is 1. The molecule has 2 rings (SSSR count). The van der Waals surface area contributed by atoms with E-state index in [4.69, 9.17) is 0 Å². The summed E-state index contributed by atoms with van der Waals surface area (Å²) >= 11 is 1.61. The quantitative estimate of drug-likeness (QED) is 0.775. The zero-order valence-electron chi connectivity index (χ0n) is 8.11. The third kappa shape index (κ3) is 1.51. The molecule has 3 heteroatoms. The van der Waals surface area contributed by atoms with Gasteiger partial charge in [0.25, 0.3) is 0 Å². The average molecular weight is 205 g/mol. The molecule has 0 spiro atoms. The highest BCUT2D eigenvalue weighted by Gasteiger charge is 2.08. The van der Waals surface area contributed by atoms with Gasteiger partial charge in [0.15, 0.2) is 0 Å². The van der Waals surface area contributed by atoms with Gasteiger partial charge in [-0.05, 0) is 26.0 Å². The first-order valence-electron chi connectivity index (χ1n) is 4.41. The topological polar surface area (TPSA) is 33.1 Å². The van der Waals surface area contributed by atoms with Crippen molar-refractivity contribution in [3.05, 3.63) is 34.8 Å². The second-order valence-corrected chi connectivity index (χ2v) is 4.38. The Morgan fingerprint density at radius 1 is 1.21 bits per heavy atom. The number of benzene rings is 1. The van der Waals surface area contributed by atoms with Gasteiger partial charge in [0.1, 0.15) is 10.8 Å². The Kier molecular flexibility index (Phi) is 2.25. The van der Waals surface area contributed by atoms with E-state index in [1.165, 1.54) is 4.88 Å². The summed E-state index contributed by atoms with van der Waals surface area (Å²) in [5.41, 5.74) is 1.85. The van der Waals surface area contributed by atoms with Crippen LogP contribution in [0.25, 0.3) is 10.6 Å². The molecule has 0 fully saturated rings. The third-order valence-electron chi connectivity index (χ3n) is 2.16. The van der Waals surface area contributed by atoms with Crippen molar-refractivity contribution in [1.29, 1.82) is 0 Å². The molecule has 1 aromatic carbocycles. The van der Waals surface area contributed by atoms with Gasteiger partial charge < -0.3 is 5.11 Å². The molecule has 1 N–H and O–H groups in total. The molecule has 72 valence electrons. The summed E-state index contributed by atoms with van der Waals surface area (Å²) in [6, 6.07) is 7.28. The maximum absolute atomic E-state index is 9.63. The molecule has 0 unspecified atom stereocenters. The first kappa shape index (κ1) is 9.21. The lowest BCUT2D eigenvalue weighted by molar-refractivity contribution is 0.477. The number of phenols is 1. The molecule has 0 bridgehead atoms. The minimum atomic E-state index is 0.293. The molecule has 0 aliphatic rings. The summed E-state index contributed by atoms with van der Waals surface area (Å²) < 4.78 is 0. The van der Waals surface area contributed by atoms with Crippen molar-refractivity contribution >= 4 is 11.3 Å². The van der Waals surface area contributed by atoms with Crippen LogP contribution in [0.5, 0.6) is 5.75 Å². The van der Waals surface area contributed by atoms with Gasteiger partial charge in [-0.3, -0.25) is 0 Å². The van der Waals surface area contributed by atoms with E-state index in [9.17, 15) is 5.11 Å². The number of aryl methyl sites for hydroxylation is 2. The summed E-state index contributed by atoms with van der Waals surface area (Å²) in [4.78, 5) is 5.60. The molecular weight excluding hydrogens is 194 g/mol. The van der Waals surface area contributed by atoms with Crippen molar-refractivity contribution in [1.82, 2.24) is 4.98 Å². The highest BCUT2D eigenvalue weighted by Crippen LogP contribution is 2.32. The monoisotopic (exact) mass is 205 g/mol. The van der Waals surface area contributed by atoms with E-state index in [-0.39, 0.29) is 0 Å². The summed E-state index contributed by atoms with van der Waals surface area (Å²) in [6.07, 6.45) is 0. The largest absolute Gasteiger partial charge is 0.507 e. The molecule has 0 aliphatic heterocycles. The number of rotatable bonds is 1. The van der Waals surface area contributed by atoms with Crippen molar-refractivity contribution in [3.63, 3.8) is 0 Å². The number of phenolic OH excluding ortho intramolecular Hbond substituents is 1. The second-order valence-electron chi connectivity index (χ2n) is 3.18. The lowest BCUT2D eigenvalue weighted by Gasteiger charge is -1.98. The number of para-hydroxylation sites is 1. The molecule has 1 heterocycles. The zero-order chi connectivity index (χ0) is 10.1. The normalized spacial score (nSPS) is 10.4. The van der Waals surface area contributed by atoms with Crippen LogP contribution in [0, 0.1) is 13.8 Å². The van der Waals surface area contributed by atoms with Gasteiger partial charge in [0, 0.05) is 4.88 Å². The van der Waals surface area contributed by atoms with Gasteiger partial charge in [-0.15, -0.1) is 11.3 Å². The fourth-order valence-corrected chi connectivity index (χ4v) is 2.19. The predicted octanol–water partition coefficient (Wildman–Crippen LogP) is 3.13. The zero-order valence-corrected chi connectivity index (χ0v) is 8.93. The number of hydrogen-bond acceptors (Lipinski definition) is 3. The Morgan fingerprint density at radius 2 is 1.93 bits per heavy atom. The minimum absolute atomic E-state index is 0.293. The number of nitrogens with zero attached hydrogens (tertiary/aromatic N) is 1. The van der Waals surface area contributed by atoms with Crippen LogP contribution in [0.4, 0.5) is 0 Å². The molecule has 2 nitrogen and oxygen atoms in total. The molecule has 2 aromatic rings. The molecule has 0 atom stereocenters. The number of aromatic hydroxyl groups is 1. The minimum Gasteiger partial charge on any atom is -0.507 e. The van der Waals surface area contributed by atoms with Crippen molar-refractivity contribution in [2.24, 2.45) is 0 Å². The Bertz CT molecular complexity index is 443. The van der Waals surface area contributed by atoms with Crippen LogP contribution in [0.3, 0.4) is 0 Å². The molecular formula is C11H11NOS. The van der Waals surface area contributed by atoms with E-state index in [0.29, 0.717) is 5.75 Å². The molecule has 1 aromatic heterocycles. The van der Waals surface area contributed by atoms with E-state index < -0.39 is 0 Å². The summed E-state index contributed by atoms with van der Waals surface area (Å²) in [5, 5.41) is 10.5. The first-order valence-corrected chi connectivity index (χ1v) is 5.22. The van der Waals surface area contributed by atoms with Gasteiger partial charge >= 0.3 is 0 Å². The summed E-state index contributed by atoms with van der Waals surface area (Å²) in [5.74, 6) is 0.293. The third-order valence-corrected chi connectivity index (χ3v) is 3.27. The number of aromatic nitrogens is 1. The SMILES string of the molecule is Cc1nc(-c2ccccc2O)sc1C. The maximum Gasteiger partial charge on any atom is 0.127 e. The average Bonchev–Trinajstić information content (AvgIpc) is 2.48. The first-order chi connectivity index (χ1) is 6.68. The van der Waals surface area contributed by atoms with Gasteiger partial charge in [-0.1, -0.05) is 12.1 Å². The fraction of sp³-hybridized carbons (Fsp3) is 0.182. The van der Waals surface area contributed by atoms with E-state index in [0.717, 1.165) is 16.3 Å². The maximum atomic E-state index is 9.63. The van der Waals surface area contributed by atoms with Crippen molar-refractivity contribution in [2.45, 2.75) is 13.8 Å². The van der Waals surface area contributed by atoms with E-state index in [1.54, 1.807) is 17.4 Å². The summed E-state index contributed by atoms with van der Waals surface area (Å²) in [6.45, 7) is 4.02. The van der Waals surface area contributed by atoms with Gasteiger partial charge in [-0.25, -0.2) is 4.98 Å². The van der Waals surface area contributed by atoms with E-state index >= 15 is 0 Å². The van der Waals surface area contributed by atoms with Gasteiger partial charge in [0.05, 0.1) is 11.3 Å². The van der Waals surface area contributed by atoms with Gasteiger partial charge in [0.2, 0.25) is 0 Å². The van der Waals surface area contributed by atoms with E-state index in [2.05, 4.69) is 4.98 Å². The van der Waals surface area contributed by atoms with Crippen LogP contribution >= 0.6 is 11.3 Å². The highest BCUT2D eigenvalue weighted by atomic mass is 32.1. The van der Waals surface area contributed by atoms with Crippen molar-refractivity contribution in [2.75, 3.05) is 0 Å². The predicted molar refractivity (Wildman–Crippen MR) is 58.7 cm³/mol. The Labute approximate surface area is 86.9 Å². The fourth-order valence-electron chi connectivity index (χ4n) is 1.24. The Balaban J connectivity index is 2.55. The Hall–Kier alpha value is -1.35. The standard InChI is InChI=1S/C11H11NOS/c1-7-8(2)14-11(12-7)9-5-3-4-6-10(9)13/h3-6,13H,1-2H3. The Morgan fingerprint density at radius 3 is 2.50 bits per heavy atom. The van der Waals surface area contributed by atoms with Crippen molar-refractivity contribution in [3.8, 4) is 16.3 Å². The number of thiazole rings is 1. The van der Waals surface area contributed by atoms with Crippen LogP contribution in [-0.2, 0) is 0 Å².